The zero-order valence-electron chi connectivity index (χ0n) is 25.0. The fraction of sp³-hybridized carbons (Fsp3) is 0.333. The Kier molecular flexibility index (Phi) is 5.48. The Morgan fingerprint density at radius 2 is 1.54 bits per heavy atom. The van der Waals surface area contributed by atoms with Crippen LogP contribution in [0.3, 0.4) is 0 Å². The Hall–Kier alpha value is -3.80. The van der Waals surface area contributed by atoms with Gasteiger partial charge in [0.1, 0.15) is 5.52 Å². The fourth-order valence-corrected chi connectivity index (χ4v) is 7.68. The first-order chi connectivity index (χ1) is 19.6. The summed E-state index contributed by atoms with van der Waals surface area (Å²) >= 11 is 0. The summed E-state index contributed by atoms with van der Waals surface area (Å²) in [5.41, 5.74) is 6.47. The van der Waals surface area contributed by atoms with Crippen LogP contribution in [0.25, 0.3) is 54.7 Å². The standard InChI is InChI=1S/C36H38N3O2/c1-8-35(9-2)36(40,41-7)30-25-17-13-12-16-24(25)28(34(3,4)5)20-27(30)32-33-31(37-21-39(32)35)26-18-22-14-10-11-15-23(22)19-29(26)38(33)6/h10-21,40H,8-9H2,1-7H3/q+1. The van der Waals surface area contributed by atoms with E-state index in [0.29, 0.717) is 12.8 Å². The van der Waals surface area contributed by atoms with Crippen LogP contribution in [0.1, 0.15) is 58.6 Å². The van der Waals surface area contributed by atoms with Gasteiger partial charge >= 0.3 is 0 Å². The van der Waals surface area contributed by atoms with Gasteiger partial charge in [-0.2, -0.15) is 0 Å². The summed E-state index contributed by atoms with van der Waals surface area (Å²) in [5, 5.41) is 18.5. The average molecular weight is 545 g/mol. The van der Waals surface area contributed by atoms with E-state index in [1.54, 1.807) is 7.11 Å². The molecule has 7 rings (SSSR count). The highest BCUT2D eigenvalue weighted by molar-refractivity contribution is 6.14. The summed E-state index contributed by atoms with van der Waals surface area (Å²) in [6.07, 6.45) is 3.28. The van der Waals surface area contributed by atoms with Crippen molar-refractivity contribution in [2.75, 3.05) is 7.11 Å². The number of aliphatic hydroxyl groups is 1. The van der Waals surface area contributed by atoms with Crippen molar-refractivity contribution in [3.05, 3.63) is 84.2 Å². The minimum Gasteiger partial charge on any atom is -0.358 e. The Bertz CT molecular complexity index is 2030. The molecule has 0 saturated carbocycles. The Labute approximate surface area is 241 Å². The lowest BCUT2D eigenvalue weighted by Gasteiger charge is -2.48. The van der Waals surface area contributed by atoms with Crippen molar-refractivity contribution in [3.8, 4) is 11.3 Å². The molecule has 4 aromatic carbocycles. The molecular weight excluding hydrogens is 506 g/mol. The number of nitrogens with zero attached hydrogens (tertiary/aromatic N) is 3. The third kappa shape index (κ3) is 3.19. The van der Waals surface area contributed by atoms with Crippen LogP contribution in [0.4, 0.5) is 0 Å². The summed E-state index contributed by atoms with van der Waals surface area (Å²) < 4.78 is 10.8. The molecule has 1 N–H and O–H groups in total. The van der Waals surface area contributed by atoms with E-state index in [9.17, 15) is 5.11 Å². The van der Waals surface area contributed by atoms with Crippen LogP contribution in [-0.2, 0) is 28.5 Å². The van der Waals surface area contributed by atoms with E-state index in [2.05, 4.69) is 118 Å². The maximum absolute atomic E-state index is 12.8. The summed E-state index contributed by atoms with van der Waals surface area (Å²) in [4.78, 5) is 5.12. The van der Waals surface area contributed by atoms with E-state index in [1.165, 1.54) is 16.3 Å². The highest BCUT2D eigenvalue weighted by Gasteiger charge is 2.61. The molecule has 0 saturated heterocycles. The second-order valence-corrected chi connectivity index (χ2v) is 12.7. The fourth-order valence-electron chi connectivity index (χ4n) is 7.68. The van der Waals surface area contributed by atoms with Gasteiger partial charge in [0, 0.05) is 25.3 Å². The van der Waals surface area contributed by atoms with Crippen LogP contribution in [-0.4, -0.2) is 21.8 Å². The number of ether oxygens (including phenoxy) is 1. The van der Waals surface area contributed by atoms with Crippen molar-refractivity contribution >= 4 is 43.5 Å². The van der Waals surface area contributed by atoms with Crippen molar-refractivity contribution in [2.24, 2.45) is 7.05 Å². The lowest BCUT2D eigenvalue weighted by Crippen LogP contribution is -2.70. The monoisotopic (exact) mass is 544 g/mol. The third-order valence-corrected chi connectivity index (χ3v) is 9.81. The first-order valence-corrected chi connectivity index (χ1v) is 14.7. The van der Waals surface area contributed by atoms with Gasteiger partial charge in [0.25, 0.3) is 6.33 Å². The predicted octanol–water partition coefficient (Wildman–Crippen LogP) is 7.61. The third-order valence-electron chi connectivity index (χ3n) is 9.81. The number of methoxy groups -OCH3 is 1. The average Bonchev–Trinajstić information content (AvgIpc) is 3.25. The van der Waals surface area contributed by atoms with Gasteiger partial charge in [-0.1, -0.05) is 83.1 Å². The lowest BCUT2D eigenvalue weighted by molar-refractivity contribution is -0.791. The number of benzene rings is 4. The van der Waals surface area contributed by atoms with Gasteiger partial charge in [0.15, 0.2) is 11.2 Å². The van der Waals surface area contributed by atoms with Gasteiger partial charge < -0.3 is 14.4 Å². The maximum Gasteiger partial charge on any atom is 0.288 e. The van der Waals surface area contributed by atoms with Gasteiger partial charge in [-0.25, -0.2) is 4.57 Å². The van der Waals surface area contributed by atoms with Gasteiger partial charge in [-0.15, -0.1) is 0 Å². The van der Waals surface area contributed by atoms with Crippen molar-refractivity contribution in [1.82, 2.24) is 9.55 Å². The second-order valence-electron chi connectivity index (χ2n) is 12.7. The summed E-state index contributed by atoms with van der Waals surface area (Å²) in [6.45, 7) is 11.0. The van der Waals surface area contributed by atoms with E-state index in [4.69, 9.17) is 9.72 Å². The van der Waals surface area contributed by atoms with Crippen molar-refractivity contribution in [1.29, 1.82) is 0 Å². The smallest absolute Gasteiger partial charge is 0.288 e. The summed E-state index contributed by atoms with van der Waals surface area (Å²) in [7, 11) is 3.78. The zero-order chi connectivity index (χ0) is 28.9. The van der Waals surface area contributed by atoms with E-state index >= 15 is 0 Å². The number of aryl methyl sites for hydroxylation is 1. The van der Waals surface area contributed by atoms with E-state index < -0.39 is 11.3 Å². The molecule has 5 nitrogen and oxygen atoms in total. The quantitative estimate of drug-likeness (QED) is 0.184. The molecule has 1 unspecified atom stereocenters. The summed E-state index contributed by atoms with van der Waals surface area (Å²) in [6, 6.07) is 23.8. The molecule has 3 heterocycles. The molecular formula is C36H38N3O2+. The van der Waals surface area contributed by atoms with Crippen molar-refractivity contribution < 1.29 is 14.4 Å². The van der Waals surface area contributed by atoms with E-state index in [0.717, 1.165) is 49.5 Å². The van der Waals surface area contributed by atoms with Gasteiger partial charge in [-0.3, -0.25) is 0 Å². The molecule has 0 fully saturated rings. The Balaban J connectivity index is 1.76. The van der Waals surface area contributed by atoms with Crippen LogP contribution in [0.15, 0.2) is 73.1 Å². The van der Waals surface area contributed by atoms with Crippen LogP contribution < -0.4 is 4.57 Å². The van der Waals surface area contributed by atoms with Crippen LogP contribution in [0, 0.1) is 0 Å². The number of rotatable bonds is 3. The number of fused-ring (bicyclic) bond motifs is 10. The summed E-state index contributed by atoms with van der Waals surface area (Å²) in [5.74, 6) is -1.56. The van der Waals surface area contributed by atoms with E-state index in [-0.39, 0.29) is 5.41 Å². The Morgan fingerprint density at radius 3 is 2.17 bits per heavy atom. The molecule has 0 aliphatic carbocycles. The molecule has 0 amide bonds. The molecule has 1 atom stereocenters. The number of aromatic nitrogens is 3. The largest absolute Gasteiger partial charge is 0.358 e. The second kappa shape index (κ2) is 8.60. The van der Waals surface area contributed by atoms with Crippen molar-refractivity contribution in [3.63, 3.8) is 0 Å². The molecule has 5 heteroatoms. The normalized spacial score (nSPS) is 18.3. The van der Waals surface area contributed by atoms with Crippen LogP contribution >= 0.6 is 0 Å². The van der Waals surface area contributed by atoms with E-state index in [1.807, 2.05) is 6.33 Å². The van der Waals surface area contributed by atoms with Gasteiger partial charge in [-0.05, 0) is 68.5 Å². The molecule has 0 radical (unpaired) electrons. The van der Waals surface area contributed by atoms with Crippen LogP contribution in [0.2, 0.25) is 0 Å². The molecule has 1 aliphatic rings. The Morgan fingerprint density at radius 1 is 0.902 bits per heavy atom. The van der Waals surface area contributed by atoms with Gasteiger partial charge in [0.2, 0.25) is 11.3 Å². The first kappa shape index (κ1) is 26.1. The zero-order valence-corrected chi connectivity index (χ0v) is 25.0. The minimum absolute atomic E-state index is 0.114. The molecule has 0 bridgehead atoms. The van der Waals surface area contributed by atoms with Crippen LogP contribution in [0.5, 0.6) is 0 Å². The highest BCUT2D eigenvalue weighted by Crippen LogP contribution is 2.53. The maximum atomic E-state index is 12.8. The van der Waals surface area contributed by atoms with Crippen molar-refractivity contribution in [2.45, 2.75) is 64.2 Å². The topological polar surface area (TPSA) is 51.2 Å². The number of hydrogen-bond donors (Lipinski definition) is 1. The van der Waals surface area contributed by atoms with Gasteiger partial charge in [0.05, 0.1) is 10.9 Å². The predicted molar refractivity (Wildman–Crippen MR) is 167 cm³/mol. The minimum atomic E-state index is -1.56. The molecule has 6 aromatic rings. The number of hydrogen-bond acceptors (Lipinski definition) is 3. The highest BCUT2D eigenvalue weighted by atomic mass is 16.6. The SMILES string of the molecule is CCC1(CC)[n+]2cnc3c4cc5ccccc5cc4n(C)c3c2-c2cc(C(C)(C)C)c3ccccc3c2C1(O)OC. The molecule has 0 spiro atoms. The molecule has 208 valence electrons. The first-order valence-electron chi connectivity index (χ1n) is 14.7. The molecule has 1 aliphatic heterocycles. The lowest BCUT2D eigenvalue weighted by atomic mass is 9.70. The molecule has 2 aromatic heterocycles. The molecule has 41 heavy (non-hydrogen) atoms.